The summed E-state index contributed by atoms with van der Waals surface area (Å²) in [5.41, 5.74) is 1.22. The minimum atomic E-state index is -3.67. The Morgan fingerprint density at radius 3 is 2.59 bits per heavy atom. The van der Waals surface area contributed by atoms with Crippen LogP contribution < -0.4 is 5.32 Å². The summed E-state index contributed by atoms with van der Waals surface area (Å²) in [7, 11) is -3.67. The normalized spacial score (nSPS) is 16.3. The number of aromatic hydroxyl groups is 1. The van der Waals surface area contributed by atoms with Crippen LogP contribution >= 0.6 is 11.8 Å². The first kappa shape index (κ1) is 19.7. The molecule has 0 spiro atoms. The number of sulfonamides is 1. The van der Waals surface area contributed by atoms with E-state index in [0.717, 1.165) is 10.5 Å². The molecule has 0 saturated heterocycles. The molecule has 2 aromatic rings. The molecule has 1 aliphatic heterocycles. The van der Waals surface area contributed by atoms with Gasteiger partial charge in [0.05, 0.1) is 15.8 Å². The van der Waals surface area contributed by atoms with Crippen LogP contribution in [-0.4, -0.2) is 42.1 Å². The fourth-order valence-electron chi connectivity index (χ4n) is 3.03. The molecule has 8 heteroatoms. The zero-order valence-corrected chi connectivity index (χ0v) is 16.8. The average molecular weight is 407 g/mol. The Hall–Kier alpha value is -2.03. The molecule has 0 radical (unpaired) electrons. The van der Waals surface area contributed by atoms with Gasteiger partial charge in [0, 0.05) is 18.0 Å². The molecule has 2 N–H and O–H groups in total. The second-order valence-electron chi connectivity index (χ2n) is 6.18. The maximum absolute atomic E-state index is 12.7. The molecular formula is C19H22N2O4S2. The number of carbonyl (C=O) groups is 1. The Bertz CT molecular complexity index is 931. The van der Waals surface area contributed by atoms with E-state index >= 15 is 0 Å². The van der Waals surface area contributed by atoms with Crippen molar-refractivity contribution < 1.29 is 18.3 Å². The summed E-state index contributed by atoms with van der Waals surface area (Å²) in [5.74, 6) is -0.425. The number of phenolic OH excluding ortho intramolecular Hbond substituents is 1. The third-order valence-corrected chi connectivity index (χ3v) is 7.87. The van der Waals surface area contributed by atoms with E-state index in [9.17, 15) is 18.3 Å². The topological polar surface area (TPSA) is 86.7 Å². The first-order valence-electron chi connectivity index (χ1n) is 8.75. The van der Waals surface area contributed by atoms with E-state index in [4.69, 9.17) is 0 Å². The van der Waals surface area contributed by atoms with E-state index in [1.54, 1.807) is 13.8 Å². The zero-order chi connectivity index (χ0) is 19.6. The van der Waals surface area contributed by atoms with Crippen LogP contribution in [0.1, 0.15) is 19.4 Å². The number of anilines is 1. The molecule has 0 bridgehead atoms. The Kier molecular flexibility index (Phi) is 5.78. The van der Waals surface area contributed by atoms with Gasteiger partial charge in [-0.25, -0.2) is 8.42 Å². The molecule has 0 aromatic heterocycles. The zero-order valence-electron chi connectivity index (χ0n) is 15.2. The largest absolute Gasteiger partial charge is 0.506 e. The summed E-state index contributed by atoms with van der Waals surface area (Å²) < 4.78 is 26.7. The van der Waals surface area contributed by atoms with Gasteiger partial charge >= 0.3 is 0 Å². The van der Waals surface area contributed by atoms with Gasteiger partial charge in [-0.15, -0.1) is 11.8 Å². The van der Waals surface area contributed by atoms with Crippen molar-refractivity contribution in [2.45, 2.75) is 35.3 Å². The molecule has 0 aliphatic carbocycles. The van der Waals surface area contributed by atoms with E-state index in [1.165, 1.54) is 34.3 Å². The summed E-state index contributed by atoms with van der Waals surface area (Å²) in [5, 5.41) is 12.5. The molecular weight excluding hydrogens is 384 g/mol. The monoisotopic (exact) mass is 406 g/mol. The summed E-state index contributed by atoms with van der Waals surface area (Å²) in [6, 6.07) is 11.8. The number of nitrogens with zero attached hydrogens (tertiary/aromatic N) is 1. The van der Waals surface area contributed by atoms with Gasteiger partial charge in [0.1, 0.15) is 5.75 Å². The summed E-state index contributed by atoms with van der Waals surface area (Å²) >= 11 is 1.47. The standard InChI is InChI=1S/C19H22N2O4S2/c1-3-21(4-2)27(24,25)14-9-10-16(22)15(12-14)20-19(23)18-11-13-7-5-6-8-17(13)26-18/h5-10,12,18,22H,3-4,11H2,1-2H3,(H,20,23)/t18-/m0/s1. The van der Waals surface area contributed by atoms with Gasteiger partial charge in [-0.2, -0.15) is 4.31 Å². The van der Waals surface area contributed by atoms with Crippen molar-refractivity contribution in [2.75, 3.05) is 18.4 Å². The van der Waals surface area contributed by atoms with Gasteiger partial charge in [-0.3, -0.25) is 4.79 Å². The number of fused-ring (bicyclic) bond motifs is 1. The maximum atomic E-state index is 12.7. The number of rotatable bonds is 6. The number of hydrogen-bond acceptors (Lipinski definition) is 5. The minimum absolute atomic E-state index is 0.0432. The van der Waals surface area contributed by atoms with Crippen LogP contribution in [0.3, 0.4) is 0 Å². The van der Waals surface area contributed by atoms with Crippen molar-refractivity contribution >= 4 is 33.4 Å². The first-order valence-corrected chi connectivity index (χ1v) is 11.1. The highest BCUT2D eigenvalue weighted by molar-refractivity contribution is 8.01. The highest BCUT2D eigenvalue weighted by Gasteiger charge is 2.29. The van der Waals surface area contributed by atoms with Gasteiger partial charge in [0.15, 0.2) is 0 Å². The van der Waals surface area contributed by atoms with Gasteiger partial charge in [0.25, 0.3) is 0 Å². The van der Waals surface area contributed by atoms with Crippen molar-refractivity contribution in [3.63, 3.8) is 0 Å². The SMILES string of the molecule is CCN(CC)S(=O)(=O)c1ccc(O)c(NC(=O)[C@@H]2Cc3ccccc3S2)c1. The Labute approximate surface area is 163 Å². The lowest BCUT2D eigenvalue weighted by atomic mass is 10.1. The predicted molar refractivity (Wildman–Crippen MR) is 107 cm³/mol. The molecule has 0 fully saturated rings. The molecule has 1 heterocycles. The van der Waals surface area contributed by atoms with Crippen molar-refractivity contribution in [2.24, 2.45) is 0 Å². The molecule has 3 rings (SSSR count). The van der Waals surface area contributed by atoms with Gasteiger partial charge < -0.3 is 10.4 Å². The molecule has 27 heavy (non-hydrogen) atoms. The molecule has 6 nitrogen and oxygen atoms in total. The van der Waals surface area contributed by atoms with E-state index in [-0.39, 0.29) is 27.5 Å². The third kappa shape index (κ3) is 3.97. The van der Waals surface area contributed by atoms with Crippen molar-refractivity contribution in [1.82, 2.24) is 4.31 Å². The van der Waals surface area contributed by atoms with Crippen LogP contribution in [0.25, 0.3) is 0 Å². The fraction of sp³-hybridized carbons (Fsp3) is 0.316. The molecule has 1 atom stereocenters. The van der Waals surface area contributed by atoms with E-state index in [1.807, 2.05) is 24.3 Å². The van der Waals surface area contributed by atoms with Crippen LogP contribution in [0, 0.1) is 0 Å². The number of phenols is 1. The second-order valence-corrected chi connectivity index (χ2v) is 9.36. The molecule has 1 aliphatic rings. The van der Waals surface area contributed by atoms with Crippen molar-refractivity contribution in [3.05, 3.63) is 48.0 Å². The summed E-state index contributed by atoms with van der Waals surface area (Å²) in [6.07, 6.45) is 0.602. The molecule has 0 unspecified atom stereocenters. The predicted octanol–water partition coefficient (Wildman–Crippen LogP) is 3.08. The molecule has 1 amide bonds. The van der Waals surface area contributed by atoms with Gasteiger partial charge in [-0.05, 0) is 36.2 Å². The van der Waals surface area contributed by atoms with Crippen molar-refractivity contribution in [3.8, 4) is 5.75 Å². The second kappa shape index (κ2) is 7.92. The highest BCUT2D eigenvalue weighted by Crippen LogP contribution is 2.38. The van der Waals surface area contributed by atoms with E-state index in [0.29, 0.717) is 19.5 Å². The highest BCUT2D eigenvalue weighted by atomic mass is 32.2. The lowest BCUT2D eigenvalue weighted by molar-refractivity contribution is -0.115. The number of thioether (sulfide) groups is 1. The lowest BCUT2D eigenvalue weighted by Gasteiger charge is -2.19. The lowest BCUT2D eigenvalue weighted by Crippen LogP contribution is -2.30. The van der Waals surface area contributed by atoms with E-state index < -0.39 is 10.0 Å². The number of amides is 1. The maximum Gasteiger partial charge on any atom is 0.243 e. The van der Waals surface area contributed by atoms with E-state index in [2.05, 4.69) is 5.32 Å². The van der Waals surface area contributed by atoms with Crippen LogP contribution in [0.4, 0.5) is 5.69 Å². The van der Waals surface area contributed by atoms with Crippen LogP contribution in [0.15, 0.2) is 52.3 Å². The smallest absolute Gasteiger partial charge is 0.243 e. The number of nitrogens with one attached hydrogen (secondary N) is 1. The molecule has 144 valence electrons. The van der Waals surface area contributed by atoms with Crippen LogP contribution in [0.5, 0.6) is 5.75 Å². The summed E-state index contributed by atoms with van der Waals surface area (Å²) in [4.78, 5) is 13.8. The van der Waals surface area contributed by atoms with Gasteiger partial charge in [0.2, 0.25) is 15.9 Å². The van der Waals surface area contributed by atoms with Crippen molar-refractivity contribution in [1.29, 1.82) is 0 Å². The fourth-order valence-corrected chi connectivity index (χ4v) is 5.71. The Balaban J connectivity index is 1.81. The van der Waals surface area contributed by atoms with Gasteiger partial charge in [-0.1, -0.05) is 32.0 Å². The number of carbonyl (C=O) groups excluding carboxylic acids is 1. The third-order valence-electron chi connectivity index (χ3n) is 4.51. The Morgan fingerprint density at radius 2 is 1.93 bits per heavy atom. The minimum Gasteiger partial charge on any atom is -0.506 e. The van der Waals surface area contributed by atoms with Crippen LogP contribution in [0.2, 0.25) is 0 Å². The molecule has 2 aromatic carbocycles. The molecule has 0 saturated carbocycles. The average Bonchev–Trinajstić information content (AvgIpc) is 3.08. The van der Waals surface area contributed by atoms with Crippen LogP contribution in [-0.2, 0) is 21.2 Å². The Morgan fingerprint density at radius 1 is 1.22 bits per heavy atom. The summed E-state index contributed by atoms with van der Waals surface area (Å²) in [6.45, 7) is 4.22. The number of benzene rings is 2. The number of hydrogen-bond donors (Lipinski definition) is 2. The first-order chi connectivity index (χ1) is 12.9. The quantitative estimate of drug-likeness (QED) is 0.720.